The molecule has 0 aliphatic carbocycles. The summed E-state index contributed by atoms with van der Waals surface area (Å²) >= 11 is 0. The minimum atomic E-state index is 0.685. The lowest BCUT2D eigenvalue weighted by molar-refractivity contribution is 0.237. The van der Waals surface area contributed by atoms with E-state index in [-0.39, 0.29) is 0 Å². The van der Waals surface area contributed by atoms with Crippen LogP contribution < -0.4 is 5.32 Å². The molecule has 1 aliphatic heterocycles. The van der Waals surface area contributed by atoms with E-state index in [0.717, 1.165) is 30.0 Å². The lowest BCUT2D eigenvalue weighted by Crippen LogP contribution is -2.33. The van der Waals surface area contributed by atoms with Crippen LogP contribution in [0.1, 0.15) is 25.0 Å². The van der Waals surface area contributed by atoms with E-state index in [4.69, 9.17) is 0 Å². The van der Waals surface area contributed by atoms with Crippen LogP contribution in [-0.4, -0.2) is 51.2 Å². The van der Waals surface area contributed by atoms with Crippen LogP contribution in [0.4, 0.5) is 5.95 Å². The number of aromatic nitrogens is 4. The Kier molecular flexibility index (Phi) is 4.45. The van der Waals surface area contributed by atoms with E-state index in [2.05, 4.69) is 30.4 Å². The number of hydrogen-bond donors (Lipinski definition) is 2. The molecule has 0 atom stereocenters. The van der Waals surface area contributed by atoms with Gasteiger partial charge in [0, 0.05) is 31.0 Å². The van der Waals surface area contributed by atoms with Gasteiger partial charge in [-0.2, -0.15) is 5.10 Å². The van der Waals surface area contributed by atoms with Gasteiger partial charge in [-0.05, 0) is 38.9 Å². The van der Waals surface area contributed by atoms with Gasteiger partial charge in [-0.15, -0.1) is 0 Å². The second-order valence-electron chi connectivity index (χ2n) is 5.48. The van der Waals surface area contributed by atoms with E-state index >= 15 is 0 Å². The Morgan fingerprint density at radius 2 is 2.14 bits per heavy atom. The number of nitrogens with zero attached hydrogens (tertiary/aromatic N) is 4. The third-order valence-electron chi connectivity index (χ3n) is 3.92. The van der Waals surface area contributed by atoms with Gasteiger partial charge in [-0.3, -0.25) is 5.10 Å². The standard InChI is InChI=1S/C15H22N6/c1-12-13(11-18-20-12)14-5-6-16-15(19-14)17-7-10-21-8-3-2-4-9-21/h5-6,11H,2-4,7-10H2,1H3,(H,18,20)(H,16,17,19). The first kappa shape index (κ1) is 14.0. The van der Waals surface area contributed by atoms with Crippen molar-refractivity contribution >= 4 is 5.95 Å². The summed E-state index contributed by atoms with van der Waals surface area (Å²) in [7, 11) is 0. The second kappa shape index (κ2) is 6.67. The van der Waals surface area contributed by atoms with E-state index in [1.807, 2.05) is 19.2 Å². The Bertz CT molecular complexity index is 573. The molecule has 112 valence electrons. The molecule has 2 aromatic heterocycles. The van der Waals surface area contributed by atoms with Gasteiger partial charge < -0.3 is 10.2 Å². The maximum Gasteiger partial charge on any atom is 0.223 e. The normalized spacial score (nSPS) is 16.0. The molecule has 0 aromatic carbocycles. The highest BCUT2D eigenvalue weighted by molar-refractivity contribution is 5.61. The van der Waals surface area contributed by atoms with Gasteiger partial charge in [0.1, 0.15) is 0 Å². The van der Waals surface area contributed by atoms with Crippen LogP contribution in [0, 0.1) is 6.92 Å². The molecule has 1 saturated heterocycles. The first-order chi connectivity index (χ1) is 10.3. The Hall–Kier alpha value is -1.95. The number of hydrogen-bond acceptors (Lipinski definition) is 5. The molecular formula is C15H22N6. The van der Waals surface area contributed by atoms with Crippen molar-refractivity contribution in [2.45, 2.75) is 26.2 Å². The summed E-state index contributed by atoms with van der Waals surface area (Å²) in [5, 5.41) is 10.3. The molecule has 0 radical (unpaired) electrons. The van der Waals surface area contributed by atoms with E-state index in [0.29, 0.717) is 5.95 Å². The van der Waals surface area contributed by atoms with Gasteiger partial charge in [0.15, 0.2) is 0 Å². The fourth-order valence-electron chi connectivity index (χ4n) is 2.72. The van der Waals surface area contributed by atoms with Gasteiger partial charge in [0.25, 0.3) is 0 Å². The van der Waals surface area contributed by atoms with E-state index in [9.17, 15) is 0 Å². The molecule has 6 heteroatoms. The molecule has 6 nitrogen and oxygen atoms in total. The number of likely N-dealkylation sites (tertiary alicyclic amines) is 1. The molecule has 0 spiro atoms. The summed E-state index contributed by atoms with van der Waals surface area (Å²) in [4.78, 5) is 11.3. The van der Waals surface area contributed by atoms with Crippen molar-refractivity contribution in [3.63, 3.8) is 0 Å². The average Bonchev–Trinajstić information content (AvgIpc) is 2.95. The van der Waals surface area contributed by atoms with Crippen molar-refractivity contribution in [3.05, 3.63) is 24.2 Å². The van der Waals surface area contributed by atoms with E-state index in [1.54, 1.807) is 6.20 Å². The SMILES string of the molecule is Cc1n[nH]cc1-c1ccnc(NCCN2CCCCC2)n1. The van der Waals surface area contributed by atoms with Gasteiger partial charge in [-0.1, -0.05) is 6.42 Å². The van der Waals surface area contributed by atoms with Crippen LogP contribution >= 0.6 is 0 Å². The molecule has 3 rings (SSSR count). The summed E-state index contributed by atoms with van der Waals surface area (Å²) in [6, 6.07) is 1.91. The third-order valence-corrected chi connectivity index (χ3v) is 3.92. The second-order valence-corrected chi connectivity index (χ2v) is 5.48. The fraction of sp³-hybridized carbons (Fsp3) is 0.533. The number of aryl methyl sites for hydroxylation is 1. The largest absolute Gasteiger partial charge is 0.353 e. The highest BCUT2D eigenvalue weighted by atomic mass is 15.2. The topological polar surface area (TPSA) is 69.7 Å². The lowest BCUT2D eigenvalue weighted by Gasteiger charge is -2.26. The number of rotatable bonds is 5. The average molecular weight is 286 g/mol. The molecule has 0 saturated carbocycles. The molecule has 2 N–H and O–H groups in total. The molecule has 0 unspecified atom stereocenters. The number of anilines is 1. The Morgan fingerprint density at radius 1 is 1.29 bits per heavy atom. The van der Waals surface area contributed by atoms with Crippen molar-refractivity contribution in [3.8, 4) is 11.3 Å². The highest BCUT2D eigenvalue weighted by Crippen LogP contribution is 2.19. The molecule has 0 bridgehead atoms. The predicted octanol–water partition coefficient (Wildman–Crippen LogP) is 2.07. The number of piperidine rings is 1. The highest BCUT2D eigenvalue weighted by Gasteiger charge is 2.10. The Balaban J connectivity index is 1.57. The maximum absolute atomic E-state index is 4.56. The van der Waals surface area contributed by atoms with Crippen molar-refractivity contribution in [2.75, 3.05) is 31.5 Å². The predicted molar refractivity (Wildman–Crippen MR) is 83.1 cm³/mol. The Morgan fingerprint density at radius 3 is 2.90 bits per heavy atom. The summed E-state index contributed by atoms with van der Waals surface area (Å²) in [5.41, 5.74) is 2.88. The molecular weight excluding hydrogens is 264 g/mol. The van der Waals surface area contributed by atoms with Crippen molar-refractivity contribution < 1.29 is 0 Å². The monoisotopic (exact) mass is 286 g/mol. The quantitative estimate of drug-likeness (QED) is 0.880. The lowest BCUT2D eigenvalue weighted by atomic mass is 10.1. The smallest absolute Gasteiger partial charge is 0.223 e. The summed E-state index contributed by atoms with van der Waals surface area (Å²) in [6.45, 7) is 6.34. The maximum atomic E-state index is 4.56. The number of aromatic amines is 1. The van der Waals surface area contributed by atoms with Crippen LogP contribution in [0.5, 0.6) is 0 Å². The number of H-pyrrole nitrogens is 1. The van der Waals surface area contributed by atoms with E-state index in [1.165, 1.54) is 32.4 Å². The molecule has 21 heavy (non-hydrogen) atoms. The van der Waals surface area contributed by atoms with Crippen LogP contribution in [-0.2, 0) is 0 Å². The van der Waals surface area contributed by atoms with Crippen molar-refractivity contribution in [2.24, 2.45) is 0 Å². The molecule has 0 amide bonds. The molecule has 1 fully saturated rings. The van der Waals surface area contributed by atoms with Gasteiger partial charge in [0.2, 0.25) is 5.95 Å². The first-order valence-corrected chi connectivity index (χ1v) is 7.63. The molecule has 2 aromatic rings. The van der Waals surface area contributed by atoms with Crippen LogP contribution in [0.3, 0.4) is 0 Å². The summed E-state index contributed by atoms with van der Waals surface area (Å²) < 4.78 is 0. The minimum absolute atomic E-state index is 0.685. The van der Waals surface area contributed by atoms with Crippen LogP contribution in [0.15, 0.2) is 18.5 Å². The van der Waals surface area contributed by atoms with E-state index < -0.39 is 0 Å². The summed E-state index contributed by atoms with van der Waals surface area (Å²) in [6.07, 6.45) is 7.68. The fourth-order valence-corrected chi connectivity index (χ4v) is 2.72. The Labute approximate surface area is 125 Å². The summed E-state index contributed by atoms with van der Waals surface area (Å²) in [5.74, 6) is 0.685. The van der Waals surface area contributed by atoms with Gasteiger partial charge in [-0.25, -0.2) is 9.97 Å². The zero-order valence-electron chi connectivity index (χ0n) is 12.5. The zero-order valence-corrected chi connectivity index (χ0v) is 12.5. The van der Waals surface area contributed by atoms with Crippen molar-refractivity contribution in [1.82, 2.24) is 25.1 Å². The molecule has 3 heterocycles. The van der Waals surface area contributed by atoms with Crippen molar-refractivity contribution in [1.29, 1.82) is 0 Å². The number of nitrogens with one attached hydrogen (secondary N) is 2. The zero-order chi connectivity index (χ0) is 14.5. The van der Waals surface area contributed by atoms with Crippen LogP contribution in [0.25, 0.3) is 11.3 Å². The molecule has 1 aliphatic rings. The van der Waals surface area contributed by atoms with Crippen LogP contribution in [0.2, 0.25) is 0 Å². The first-order valence-electron chi connectivity index (χ1n) is 7.63. The third kappa shape index (κ3) is 3.58. The minimum Gasteiger partial charge on any atom is -0.353 e. The van der Waals surface area contributed by atoms with Gasteiger partial charge >= 0.3 is 0 Å². The van der Waals surface area contributed by atoms with Gasteiger partial charge in [0.05, 0.1) is 11.4 Å².